The van der Waals surface area contributed by atoms with Crippen molar-refractivity contribution in [2.45, 2.75) is 0 Å². The fourth-order valence-electron chi connectivity index (χ4n) is 0.317. The molecule has 0 heterocycles. The molecule has 0 aliphatic carbocycles. The maximum absolute atomic E-state index is 10.3. The standard InChI is InChI=1S/C4H9N5O3/c1-9(4(7)11)12-3(6)8-2(5)10/h1H3,(H2,7,11)(H4,5,6,8,10). The van der Waals surface area contributed by atoms with Gasteiger partial charge in [0, 0.05) is 0 Å². The van der Waals surface area contributed by atoms with Gasteiger partial charge in [-0.25, -0.2) is 15.0 Å². The zero-order valence-electron chi connectivity index (χ0n) is 6.33. The Bertz CT molecular complexity index is 215. The lowest BCUT2D eigenvalue weighted by molar-refractivity contribution is -0.00295. The number of amidine groups is 1. The van der Waals surface area contributed by atoms with Gasteiger partial charge in [-0.2, -0.15) is 5.06 Å². The van der Waals surface area contributed by atoms with Crippen LogP contribution in [0.15, 0.2) is 0 Å². The van der Waals surface area contributed by atoms with Gasteiger partial charge in [0.25, 0.3) is 0 Å². The van der Waals surface area contributed by atoms with Crippen LogP contribution in [0.5, 0.6) is 0 Å². The SMILES string of the molecule is CN(OC(=N)NC(N)=O)C(N)=O. The van der Waals surface area contributed by atoms with Crippen molar-refractivity contribution in [3.05, 3.63) is 0 Å². The molecule has 12 heavy (non-hydrogen) atoms. The average Bonchev–Trinajstić information content (AvgIpc) is 1.84. The number of nitrogens with zero attached hydrogens (tertiary/aromatic N) is 1. The van der Waals surface area contributed by atoms with Crippen molar-refractivity contribution < 1.29 is 14.4 Å². The molecule has 8 heteroatoms. The summed E-state index contributed by atoms with van der Waals surface area (Å²) in [6, 6.07) is -2.53. The molecule has 4 amide bonds. The van der Waals surface area contributed by atoms with Gasteiger partial charge in [-0.1, -0.05) is 0 Å². The number of rotatable bonds is 0. The van der Waals surface area contributed by atoms with E-state index >= 15 is 0 Å². The molecule has 0 aromatic carbocycles. The molecule has 0 saturated carbocycles. The maximum atomic E-state index is 10.3. The van der Waals surface area contributed by atoms with Crippen LogP contribution in [-0.4, -0.2) is 30.2 Å². The predicted molar refractivity (Wildman–Crippen MR) is 38.9 cm³/mol. The maximum Gasteiger partial charge on any atom is 0.347 e. The second kappa shape index (κ2) is 4.01. The number of amides is 4. The number of hydrogen-bond donors (Lipinski definition) is 4. The summed E-state index contributed by atoms with van der Waals surface area (Å²) >= 11 is 0. The normalized spacial score (nSPS) is 8.42. The summed E-state index contributed by atoms with van der Waals surface area (Å²) in [5.41, 5.74) is 9.38. The van der Waals surface area contributed by atoms with Crippen LogP contribution in [0.3, 0.4) is 0 Å². The quantitative estimate of drug-likeness (QED) is 0.203. The number of nitrogens with two attached hydrogens (primary N) is 2. The third kappa shape index (κ3) is 3.93. The monoisotopic (exact) mass is 175 g/mol. The molecular formula is C4H9N5O3. The number of nitrogens with one attached hydrogen (secondary N) is 2. The highest BCUT2D eigenvalue weighted by atomic mass is 16.7. The van der Waals surface area contributed by atoms with E-state index in [0.717, 1.165) is 0 Å². The van der Waals surface area contributed by atoms with Crippen molar-refractivity contribution in [2.75, 3.05) is 7.05 Å². The summed E-state index contributed by atoms with van der Waals surface area (Å²) in [4.78, 5) is 24.8. The van der Waals surface area contributed by atoms with Crippen LogP contribution in [0.25, 0.3) is 0 Å². The van der Waals surface area contributed by atoms with Gasteiger partial charge in [-0.15, -0.1) is 0 Å². The van der Waals surface area contributed by atoms with E-state index in [1.807, 2.05) is 0 Å². The molecule has 6 N–H and O–H groups in total. The lowest BCUT2D eigenvalue weighted by Gasteiger charge is -2.14. The Morgan fingerprint density at radius 2 is 2.00 bits per heavy atom. The molecule has 0 saturated heterocycles. The molecule has 0 spiro atoms. The predicted octanol–water partition coefficient (Wildman–Crippen LogP) is -1.47. The van der Waals surface area contributed by atoms with Gasteiger partial charge in [-0.05, 0) is 0 Å². The molecule has 0 aliphatic rings. The number of carbonyl (C=O) groups is 2. The van der Waals surface area contributed by atoms with Gasteiger partial charge in [-0.3, -0.25) is 5.32 Å². The fourth-order valence-corrected chi connectivity index (χ4v) is 0.317. The number of hydrogen-bond acceptors (Lipinski definition) is 4. The third-order valence-electron chi connectivity index (χ3n) is 0.775. The number of urea groups is 2. The summed E-state index contributed by atoms with van der Waals surface area (Å²) in [5, 5.41) is 9.21. The topological polar surface area (TPSA) is 135 Å². The van der Waals surface area contributed by atoms with Crippen molar-refractivity contribution in [3.63, 3.8) is 0 Å². The minimum atomic E-state index is -0.960. The van der Waals surface area contributed by atoms with E-state index in [9.17, 15) is 9.59 Å². The minimum absolute atomic E-state index is 0.568. The Morgan fingerprint density at radius 3 is 2.33 bits per heavy atom. The van der Waals surface area contributed by atoms with Crippen molar-refractivity contribution in [2.24, 2.45) is 11.5 Å². The van der Waals surface area contributed by atoms with Crippen molar-refractivity contribution in [1.82, 2.24) is 10.4 Å². The zero-order chi connectivity index (χ0) is 9.72. The fraction of sp³-hybridized carbons (Fsp3) is 0.250. The highest BCUT2D eigenvalue weighted by molar-refractivity contribution is 5.91. The Morgan fingerprint density at radius 1 is 1.50 bits per heavy atom. The molecule has 68 valence electrons. The molecule has 0 radical (unpaired) electrons. The highest BCUT2D eigenvalue weighted by Crippen LogP contribution is 1.83. The summed E-state index contributed by atoms with van der Waals surface area (Å²) in [5.74, 6) is 0. The van der Waals surface area contributed by atoms with E-state index in [0.29, 0.717) is 5.06 Å². The lowest BCUT2D eigenvalue weighted by atomic mass is 10.9. The number of hydroxylamine groups is 2. The summed E-state index contributed by atoms with van der Waals surface area (Å²) in [6.07, 6.45) is 0. The van der Waals surface area contributed by atoms with Crippen molar-refractivity contribution >= 4 is 18.1 Å². The van der Waals surface area contributed by atoms with Crippen LogP contribution < -0.4 is 16.8 Å². The van der Waals surface area contributed by atoms with Crippen LogP contribution >= 0.6 is 0 Å². The first kappa shape index (κ1) is 10.0. The molecular weight excluding hydrogens is 166 g/mol. The van der Waals surface area contributed by atoms with Crippen LogP contribution in [0, 0.1) is 5.41 Å². The van der Waals surface area contributed by atoms with Crippen LogP contribution in [-0.2, 0) is 4.84 Å². The van der Waals surface area contributed by atoms with E-state index < -0.39 is 18.1 Å². The molecule has 0 bridgehead atoms. The highest BCUT2D eigenvalue weighted by Gasteiger charge is 2.08. The van der Waals surface area contributed by atoms with Crippen molar-refractivity contribution in [1.29, 1.82) is 5.41 Å². The Kier molecular flexibility index (Phi) is 3.34. The van der Waals surface area contributed by atoms with Gasteiger partial charge < -0.3 is 16.3 Å². The first-order valence-electron chi connectivity index (χ1n) is 2.79. The van der Waals surface area contributed by atoms with Crippen LogP contribution in [0.1, 0.15) is 0 Å². The first-order valence-corrected chi connectivity index (χ1v) is 2.79. The molecule has 0 aromatic rings. The second-order valence-corrected chi connectivity index (χ2v) is 1.75. The average molecular weight is 175 g/mol. The molecule has 0 aromatic heterocycles. The Balaban J connectivity index is 3.85. The second-order valence-electron chi connectivity index (χ2n) is 1.75. The van der Waals surface area contributed by atoms with E-state index in [4.69, 9.17) is 11.1 Å². The Hall–Kier alpha value is -1.99. The minimum Gasteiger partial charge on any atom is -0.351 e. The summed E-state index contributed by atoms with van der Waals surface area (Å²) < 4.78 is 0. The van der Waals surface area contributed by atoms with E-state index in [2.05, 4.69) is 10.6 Å². The van der Waals surface area contributed by atoms with Gasteiger partial charge in [0.15, 0.2) is 0 Å². The smallest absolute Gasteiger partial charge is 0.347 e. The van der Waals surface area contributed by atoms with Crippen LogP contribution in [0.2, 0.25) is 0 Å². The van der Waals surface area contributed by atoms with Gasteiger partial charge >= 0.3 is 18.1 Å². The van der Waals surface area contributed by atoms with Gasteiger partial charge in [0.1, 0.15) is 0 Å². The van der Waals surface area contributed by atoms with Crippen LogP contribution in [0.4, 0.5) is 9.59 Å². The van der Waals surface area contributed by atoms with Gasteiger partial charge in [0.2, 0.25) is 0 Å². The molecule has 0 aliphatic heterocycles. The van der Waals surface area contributed by atoms with Gasteiger partial charge in [0.05, 0.1) is 7.05 Å². The Labute approximate surface area is 67.9 Å². The molecule has 0 fully saturated rings. The molecule has 0 atom stereocenters. The summed E-state index contributed by atoms with van der Waals surface area (Å²) in [6.45, 7) is 0. The zero-order valence-corrected chi connectivity index (χ0v) is 6.33. The first-order chi connectivity index (χ1) is 5.43. The number of carbonyl (C=O) groups excluding carboxylic acids is 2. The van der Waals surface area contributed by atoms with E-state index in [-0.39, 0.29) is 0 Å². The molecule has 0 rings (SSSR count). The largest absolute Gasteiger partial charge is 0.351 e. The molecule has 8 nitrogen and oxygen atoms in total. The molecule has 0 unspecified atom stereocenters. The third-order valence-corrected chi connectivity index (χ3v) is 0.775. The van der Waals surface area contributed by atoms with E-state index in [1.54, 1.807) is 5.32 Å². The summed E-state index contributed by atoms with van der Waals surface area (Å²) in [7, 11) is 1.18. The van der Waals surface area contributed by atoms with E-state index in [1.165, 1.54) is 7.05 Å². The number of primary amides is 2. The lowest BCUT2D eigenvalue weighted by Crippen LogP contribution is -2.42. The van der Waals surface area contributed by atoms with Crippen molar-refractivity contribution in [3.8, 4) is 0 Å².